The van der Waals surface area contributed by atoms with Gasteiger partial charge in [-0.3, -0.25) is 4.79 Å². The van der Waals surface area contributed by atoms with Crippen molar-refractivity contribution in [2.75, 3.05) is 7.11 Å². The van der Waals surface area contributed by atoms with Gasteiger partial charge >= 0.3 is 5.97 Å². The largest absolute Gasteiger partial charge is 0.469 e. The van der Waals surface area contributed by atoms with Gasteiger partial charge < -0.3 is 9.84 Å². The molecule has 86 valence electrons. The maximum absolute atomic E-state index is 11.1. The zero-order valence-corrected chi connectivity index (χ0v) is 9.46. The fraction of sp³-hybridized carbons (Fsp3) is 0.308. The van der Waals surface area contributed by atoms with Gasteiger partial charge in [-0.2, -0.15) is 0 Å². The predicted octanol–water partition coefficient (Wildman–Crippen LogP) is 1.87. The smallest absolute Gasteiger partial charge is 0.311 e. The number of aliphatic hydroxyl groups excluding tert-OH is 1. The number of rotatable bonds is 4. The molecule has 0 spiro atoms. The Bertz CT molecular complexity index is 357. The van der Waals surface area contributed by atoms with E-state index >= 15 is 0 Å². The molecule has 1 aromatic rings. The normalized spacial score (nSPS) is 14.7. The first kappa shape index (κ1) is 12.5. The molecule has 0 aromatic heterocycles. The molecule has 16 heavy (non-hydrogen) atoms. The van der Waals surface area contributed by atoms with E-state index < -0.39 is 18.0 Å². The molecule has 0 saturated heterocycles. The number of benzene rings is 1. The number of esters is 1. The van der Waals surface area contributed by atoms with Crippen LogP contribution >= 0.6 is 0 Å². The maximum atomic E-state index is 11.1. The number of carbonyl (C=O) groups is 1. The number of hydrogen-bond acceptors (Lipinski definition) is 3. The van der Waals surface area contributed by atoms with Crippen molar-refractivity contribution in [2.24, 2.45) is 5.92 Å². The quantitative estimate of drug-likeness (QED) is 0.788. The third-order valence-electron chi connectivity index (χ3n) is 2.37. The fourth-order valence-electron chi connectivity index (χ4n) is 1.27. The van der Waals surface area contributed by atoms with E-state index in [1.165, 1.54) is 7.11 Å². The first-order valence-corrected chi connectivity index (χ1v) is 5.14. The number of ether oxygens (including phenoxy) is 1. The van der Waals surface area contributed by atoms with Gasteiger partial charge in [0.2, 0.25) is 0 Å². The second kappa shape index (κ2) is 6.08. The Kier molecular flexibility index (Phi) is 4.73. The molecule has 0 radical (unpaired) electrons. The van der Waals surface area contributed by atoms with Crippen molar-refractivity contribution in [3.63, 3.8) is 0 Å². The zero-order valence-electron chi connectivity index (χ0n) is 9.46. The van der Waals surface area contributed by atoms with Crippen molar-refractivity contribution in [3.8, 4) is 0 Å². The van der Waals surface area contributed by atoms with E-state index in [4.69, 9.17) is 0 Å². The second-order valence-corrected chi connectivity index (χ2v) is 3.57. The molecule has 1 N–H and O–H groups in total. The standard InChI is InChI=1S/C13H16O3/c1-10(13(15)16-2)12(14)9-8-11-6-4-3-5-7-11/h3-10,12,14H,1-2H3/b9-8+/t10-,12?/m1/s1. The third kappa shape index (κ3) is 3.51. The first-order valence-electron chi connectivity index (χ1n) is 5.14. The van der Waals surface area contributed by atoms with Gasteiger partial charge in [-0.25, -0.2) is 0 Å². The lowest BCUT2D eigenvalue weighted by molar-refractivity contribution is -0.147. The molecule has 0 aliphatic carbocycles. The summed E-state index contributed by atoms with van der Waals surface area (Å²) in [6, 6.07) is 9.59. The highest BCUT2D eigenvalue weighted by Crippen LogP contribution is 2.09. The highest BCUT2D eigenvalue weighted by atomic mass is 16.5. The van der Waals surface area contributed by atoms with Crippen molar-refractivity contribution in [1.29, 1.82) is 0 Å². The Balaban J connectivity index is 2.61. The van der Waals surface area contributed by atoms with Crippen LogP contribution in [-0.4, -0.2) is 24.3 Å². The Morgan fingerprint density at radius 3 is 2.56 bits per heavy atom. The van der Waals surface area contributed by atoms with Crippen LogP contribution in [0.1, 0.15) is 12.5 Å². The van der Waals surface area contributed by atoms with Crippen molar-refractivity contribution >= 4 is 12.0 Å². The summed E-state index contributed by atoms with van der Waals surface area (Å²) in [6.45, 7) is 1.63. The molecule has 1 unspecified atom stereocenters. The van der Waals surface area contributed by atoms with Gasteiger partial charge in [-0.1, -0.05) is 42.5 Å². The maximum Gasteiger partial charge on any atom is 0.311 e. The lowest BCUT2D eigenvalue weighted by atomic mass is 10.0. The van der Waals surface area contributed by atoms with E-state index in [1.54, 1.807) is 19.1 Å². The predicted molar refractivity (Wildman–Crippen MR) is 62.7 cm³/mol. The van der Waals surface area contributed by atoms with Crippen molar-refractivity contribution in [1.82, 2.24) is 0 Å². The van der Waals surface area contributed by atoms with Crippen molar-refractivity contribution < 1.29 is 14.6 Å². The van der Waals surface area contributed by atoms with Crippen LogP contribution < -0.4 is 0 Å². The molecule has 1 rings (SSSR count). The summed E-state index contributed by atoms with van der Waals surface area (Å²) in [4.78, 5) is 11.1. The zero-order chi connectivity index (χ0) is 12.0. The van der Waals surface area contributed by atoms with Crippen molar-refractivity contribution in [2.45, 2.75) is 13.0 Å². The van der Waals surface area contributed by atoms with E-state index in [0.29, 0.717) is 0 Å². The van der Waals surface area contributed by atoms with Gasteiger partial charge in [0.1, 0.15) is 0 Å². The van der Waals surface area contributed by atoms with Crippen LogP contribution in [0.15, 0.2) is 36.4 Å². The van der Waals surface area contributed by atoms with Gasteiger partial charge in [0.15, 0.2) is 0 Å². The number of hydrogen-bond donors (Lipinski definition) is 1. The summed E-state index contributed by atoms with van der Waals surface area (Å²) < 4.78 is 4.55. The molecule has 0 aliphatic heterocycles. The van der Waals surface area contributed by atoms with Crippen molar-refractivity contribution in [3.05, 3.63) is 42.0 Å². The monoisotopic (exact) mass is 220 g/mol. The lowest BCUT2D eigenvalue weighted by Crippen LogP contribution is -2.24. The Hall–Kier alpha value is -1.61. The van der Waals surface area contributed by atoms with E-state index in [2.05, 4.69) is 4.74 Å². The minimum absolute atomic E-state index is 0.412. The molecule has 0 saturated carbocycles. The number of methoxy groups -OCH3 is 1. The molecular weight excluding hydrogens is 204 g/mol. The minimum Gasteiger partial charge on any atom is -0.469 e. The summed E-state index contributed by atoms with van der Waals surface area (Å²) in [5.41, 5.74) is 0.985. The Labute approximate surface area is 95.4 Å². The molecular formula is C13H16O3. The Morgan fingerprint density at radius 1 is 1.38 bits per heavy atom. The molecule has 0 fully saturated rings. The number of aliphatic hydroxyl groups is 1. The van der Waals surface area contributed by atoms with Gasteiger partial charge in [0.05, 0.1) is 19.1 Å². The van der Waals surface area contributed by atoms with Crippen LogP contribution in [0.2, 0.25) is 0 Å². The fourth-order valence-corrected chi connectivity index (χ4v) is 1.27. The molecule has 1 aromatic carbocycles. The molecule has 0 amide bonds. The van der Waals surface area contributed by atoms with E-state index in [1.807, 2.05) is 30.3 Å². The van der Waals surface area contributed by atoms with Gasteiger partial charge in [0.25, 0.3) is 0 Å². The third-order valence-corrected chi connectivity index (χ3v) is 2.37. The molecule has 3 nitrogen and oxygen atoms in total. The summed E-state index contributed by atoms with van der Waals surface area (Å²) in [7, 11) is 1.31. The van der Waals surface area contributed by atoms with E-state index in [0.717, 1.165) is 5.56 Å². The molecule has 3 heteroatoms. The van der Waals surface area contributed by atoms with Crippen LogP contribution in [0.25, 0.3) is 6.08 Å². The van der Waals surface area contributed by atoms with Crippen LogP contribution in [0.3, 0.4) is 0 Å². The first-order chi connectivity index (χ1) is 7.65. The number of carbonyl (C=O) groups excluding carboxylic acids is 1. The van der Waals surface area contributed by atoms with E-state index in [9.17, 15) is 9.90 Å². The highest BCUT2D eigenvalue weighted by Gasteiger charge is 2.19. The van der Waals surface area contributed by atoms with Crippen LogP contribution in [0.4, 0.5) is 0 Å². The van der Waals surface area contributed by atoms with Gasteiger partial charge in [-0.15, -0.1) is 0 Å². The summed E-state index contributed by atoms with van der Waals surface area (Å²) >= 11 is 0. The van der Waals surface area contributed by atoms with Crippen LogP contribution in [-0.2, 0) is 9.53 Å². The Morgan fingerprint density at radius 2 is 2.00 bits per heavy atom. The summed E-state index contributed by atoms with van der Waals surface area (Å²) in [5.74, 6) is -0.963. The molecule has 2 atom stereocenters. The van der Waals surface area contributed by atoms with E-state index in [-0.39, 0.29) is 0 Å². The SMILES string of the molecule is COC(=O)[C@H](C)C(O)/C=C/c1ccccc1. The van der Waals surface area contributed by atoms with Crippen LogP contribution in [0.5, 0.6) is 0 Å². The lowest BCUT2D eigenvalue weighted by Gasteiger charge is -2.12. The molecule has 0 heterocycles. The topological polar surface area (TPSA) is 46.5 Å². The van der Waals surface area contributed by atoms with Gasteiger partial charge in [-0.05, 0) is 12.5 Å². The second-order valence-electron chi connectivity index (χ2n) is 3.57. The summed E-state index contributed by atoms with van der Waals surface area (Å²) in [5, 5.41) is 9.69. The molecule has 0 aliphatic rings. The minimum atomic E-state index is -0.826. The average molecular weight is 220 g/mol. The highest BCUT2D eigenvalue weighted by molar-refractivity contribution is 5.73. The summed E-state index contributed by atoms with van der Waals surface area (Å²) in [6.07, 6.45) is 2.55. The van der Waals surface area contributed by atoms with Crippen LogP contribution in [0, 0.1) is 5.92 Å². The van der Waals surface area contributed by atoms with Gasteiger partial charge in [0, 0.05) is 0 Å². The molecule has 0 bridgehead atoms. The average Bonchev–Trinajstić information content (AvgIpc) is 2.35.